The second-order valence-electron chi connectivity index (χ2n) is 6.90. The van der Waals surface area contributed by atoms with Gasteiger partial charge in [-0.1, -0.05) is 11.8 Å². The van der Waals surface area contributed by atoms with Crippen molar-refractivity contribution in [2.75, 3.05) is 18.9 Å². The summed E-state index contributed by atoms with van der Waals surface area (Å²) in [6, 6.07) is 12.0. The van der Waals surface area contributed by atoms with Gasteiger partial charge in [0.25, 0.3) is 11.8 Å². The molecule has 170 valence electrons. The summed E-state index contributed by atoms with van der Waals surface area (Å²) in [5.41, 5.74) is 3.70. The normalized spacial score (nSPS) is 11.5. The van der Waals surface area contributed by atoms with E-state index in [0.29, 0.717) is 11.3 Å². The molecule has 2 rings (SSSR count). The molecule has 2 aromatic rings. The third-order valence-electron chi connectivity index (χ3n) is 4.29. The molecule has 0 bridgehead atoms. The molecule has 9 heteroatoms. The molecule has 0 heterocycles. The van der Waals surface area contributed by atoms with Crippen LogP contribution in [0.5, 0.6) is 0 Å². The van der Waals surface area contributed by atoms with E-state index in [1.54, 1.807) is 43.4 Å². The molecule has 0 radical (unpaired) electrons. The van der Waals surface area contributed by atoms with Crippen LogP contribution >= 0.6 is 0 Å². The number of nitrogens with one attached hydrogen (secondary N) is 4. The van der Waals surface area contributed by atoms with E-state index in [-0.39, 0.29) is 18.0 Å². The number of likely N-dealkylation sites (N-methyl/N-ethyl adjacent to an activating group) is 1. The van der Waals surface area contributed by atoms with Crippen LogP contribution in [0.2, 0.25) is 0 Å². The van der Waals surface area contributed by atoms with Gasteiger partial charge in [0.05, 0.1) is 12.6 Å². The van der Waals surface area contributed by atoms with Gasteiger partial charge in [0, 0.05) is 22.4 Å². The van der Waals surface area contributed by atoms with Crippen molar-refractivity contribution >= 4 is 23.4 Å². The van der Waals surface area contributed by atoms with Gasteiger partial charge in [-0.3, -0.25) is 19.6 Å². The third-order valence-corrected chi connectivity index (χ3v) is 4.29. The average molecular weight is 448 g/mol. The zero-order valence-electron chi connectivity index (χ0n) is 18.1. The largest absolute Gasteiger partial charge is 0.391 e. The smallest absolute Gasteiger partial charge is 0.268 e. The van der Waals surface area contributed by atoms with Crippen molar-refractivity contribution in [1.82, 2.24) is 16.1 Å². The summed E-state index contributed by atoms with van der Waals surface area (Å²) in [7, 11) is 1.69. The molecule has 9 nitrogen and oxygen atoms in total. The highest BCUT2D eigenvalue weighted by molar-refractivity contribution is 5.97. The first kappa shape index (κ1) is 25.1. The fourth-order valence-corrected chi connectivity index (χ4v) is 2.61. The van der Waals surface area contributed by atoms with Crippen molar-refractivity contribution in [1.29, 1.82) is 0 Å². The fourth-order valence-electron chi connectivity index (χ4n) is 2.61. The van der Waals surface area contributed by atoms with Crippen molar-refractivity contribution in [2.45, 2.75) is 19.1 Å². The number of carbonyl (C=O) groups excluding carboxylic acids is 3. The van der Waals surface area contributed by atoms with Crippen molar-refractivity contribution in [3.8, 4) is 23.7 Å². The van der Waals surface area contributed by atoms with E-state index in [1.165, 1.54) is 24.5 Å². The molecule has 0 saturated heterocycles. The van der Waals surface area contributed by atoms with Crippen molar-refractivity contribution in [3.63, 3.8) is 0 Å². The van der Waals surface area contributed by atoms with Gasteiger partial charge in [-0.05, 0) is 74.3 Å². The first-order chi connectivity index (χ1) is 15.8. The Labute approximate surface area is 191 Å². The molecule has 33 heavy (non-hydrogen) atoms. The van der Waals surface area contributed by atoms with Crippen LogP contribution in [0.25, 0.3) is 0 Å². The highest BCUT2D eigenvalue weighted by atomic mass is 16.5. The summed E-state index contributed by atoms with van der Waals surface area (Å²) in [5.74, 6) is 9.59. The van der Waals surface area contributed by atoms with Gasteiger partial charge in [-0.25, -0.2) is 5.48 Å². The third kappa shape index (κ3) is 8.13. The SMILES string of the molecule is CNCC(=O)Nc1ccc(C#CC#Cc2ccc(C(=O)NC(C(=O)NO)C(C)O)cc2)cc1. The second kappa shape index (κ2) is 12.6. The molecule has 0 aliphatic heterocycles. The summed E-state index contributed by atoms with van der Waals surface area (Å²) in [4.78, 5) is 35.3. The predicted octanol–water partition coefficient (Wildman–Crippen LogP) is 0.232. The maximum atomic E-state index is 12.3. The van der Waals surface area contributed by atoms with E-state index in [4.69, 9.17) is 5.21 Å². The number of hydrogen-bond acceptors (Lipinski definition) is 6. The Bertz CT molecular complexity index is 1100. The van der Waals surface area contributed by atoms with Gasteiger partial charge >= 0.3 is 0 Å². The first-order valence-electron chi connectivity index (χ1n) is 9.93. The van der Waals surface area contributed by atoms with Crippen molar-refractivity contribution < 1.29 is 24.7 Å². The van der Waals surface area contributed by atoms with E-state index in [2.05, 4.69) is 39.6 Å². The Morgan fingerprint density at radius 1 is 0.939 bits per heavy atom. The molecule has 2 atom stereocenters. The monoisotopic (exact) mass is 448 g/mol. The van der Waals surface area contributed by atoms with Crippen LogP contribution in [-0.2, 0) is 9.59 Å². The van der Waals surface area contributed by atoms with E-state index >= 15 is 0 Å². The lowest BCUT2D eigenvalue weighted by atomic mass is 10.1. The molecule has 2 aromatic carbocycles. The number of carbonyl (C=O) groups is 3. The molecule has 0 aromatic heterocycles. The Kier molecular flexibility index (Phi) is 9.62. The summed E-state index contributed by atoms with van der Waals surface area (Å²) in [6.45, 7) is 1.55. The van der Waals surface area contributed by atoms with Crippen LogP contribution < -0.4 is 21.4 Å². The Morgan fingerprint density at radius 2 is 1.48 bits per heavy atom. The van der Waals surface area contributed by atoms with Gasteiger partial charge in [-0.15, -0.1) is 0 Å². The van der Waals surface area contributed by atoms with Crippen molar-refractivity contribution in [3.05, 3.63) is 65.2 Å². The number of benzene rings is 2. The molecule has 6 N–H and O–H groups in total. The van der Waals surface area contributed by atoms with Crippen LogP contribution in [0, 0.1) is 23.7 Å². The number of aliphatic hydroxyl groups is 1. The molecular formula is C24H24N4O5. The van der Waals surface area contributed by atoms with E-state index in [1.807, 2.05) is 0 Å². The molecule has 0 aliphatic carbocycles. The number of hydroxylamine groups is 1. The number of aliphatic hydroxyl groups excluding tert-OH is 1. The van der Waals surface area contributed by atoms with Gasteiger partial charge in [0.15, 0.2) is 0 Å². The number of anilines is 1. The van der Waals surface area contributed by atoms with E-state index < -0.39 is 24.0 Å². The molecule has 0 aliphatic rings. The van der Waals surface area contributed by atoms with Crippen LogP contribution in [0.4, 0.5) is 5.69 Å². The summed E-state index contributed by atoms with van der Waals surface area (Å²) in [5, 5.41) is 26.2. The van der Waals surface area contributed by atoms with E-state index in [9.17, 15) is 19.5 Å². The maximum Gasteiger partial charge on any atom is 0.268 e. The van der Waals surface area contributed by atoms with Crippen molar-refractivity contribution in [2.24, 2.45) is 0 Å². The summed E-state index contributed by atoms with van der Waals surface area (Å²) < 4.78 is 0. The number of rotatable bonds is 7. The van der Waals surface area contributed by atoms with Crippen LogP contribution in [0.15, 0.2) is 48.5 Å². The minimum absolute atomic E-state index is 0.135. The summed E-state index contributed by atoms with van der Waals surface area (Å²) >= 11 is 0. The van der Waals surface area contributed by atoms with Gasteiger partial charge in [0.1, 0.15) is 6.04 Å². The van der Waals surface area contributed by atoms with Crippen LogP contribution in [-0.4, -0.2) is 53.8 Å². The minimum atomic E-state index is -1.30. The fraction of sp³-hybridized carbons (Fsp3) is 0.208. The highest BCUT2D eigenvalue weighted by Gasteiger charge is 2.25. The standard InChI is InChI=1S/C24H24N4O5/c1-16(29)22(24(32)28-33)27-23(31)19-11-7-17(8-12-19)5-3-4-6-18-9-13-20(14-10-18)26-21(30)15-25-2/h7-14,16,22,25,29,33H,15H2,1-2H3,(H,26,30)(H,27,31)(H,28,32). The lowest BCUT2D eigenvalue weighted by Crippen LogP contribution is -2.51. The quantitative estimate of drug-likeness (QED) is 0.204. The molecule has 2 unspecified atom stereocenters. The van der Waals surface area contributed by atoms with Crippen LogP contribution in [0.3, 0.4) is 0 Å². The molecule has 0 spiro atoms. The number of amides is 3. The zero-order valence-corrected chi connectivity index (χ0v) is 18.1. The molecule has 0 saturated carbocycles. The van der Waals surface area contributed by atoms with Gasteiger partial charge < -0.3 is 21.1 Å². The molecule has 3 amide bonds. The highest BCUT2D eigenvalue weighted by Crippen LogP contribution is 2.08. The molecular weight excluding hydrogens is 424 g/mol. The lowest BCUT2D eigenvalue weighted by Gasteiger charge is -2.19. The second-order valence-corrected chi connectivity index (χ2v) is 6.90. The Hall–Kier alpha value is -4.15. The zero-order chi connectivity index (χ0) is 24.2. The average Bonchev–Trinajstić information content (AvgIpc) is 2.81. The Morgan fingerprint density at radius 3 is 1.97 bits per heavy atom. The predicted molar refractivity (Wildman–Crippen MR) is 122 cm³/mol. The summed E-state index contributed by atoms with van der Waals surface area (Å²) in [6.07, 6.45) is -1.20. The minimum Gasteiger partial charge on any atom is -0.391 e. The number of hydrogen-bond donors (Lipinski definition) is 6. The first-order valence-corrected chi connectivity index (χ1v) is 9.93. The lowest BCUT2D eigenvalue weighted by molar-refractivity contribution is -0.133. The maximum absolute atomic E-state index is 12.3. The van der Waals surface area contributed by atoms with Gasteiger partial charge in [0.2, 0.25) is 5.91 Å². The topological polar surface area (TPSA) is 140 Å². The van der Waals surface area contributed by atoms with Gasteiger partial charge in [-0.2, -0.15) is 0 Å². The van der Waals surface area contributed by atoms with Crippen LogP contribution in [0.1, 0.15) is 28.4 Å². The van der Waals surface area contributed by atoms with E-state index in [0.717, 1.165) is 5.56 Å². The Balaban J connectivity index is 1.97. The molecule has 0 fully saturated rings.